The monoisotopic (exact) mass is 247 g/mol. The maximum atomic E-state index is 10.1. The largest absolute Gasteiger partial charge is 0.488 e. The highest BCUT2D eigenvalue weighted by Crippen LogP contribution is 2.53. The van der Waals surface area contributed by atoms with Crippen molar-refractivity contribution >= 4 is 0 Å². The summed E-state index contributed by atoms with van der Waals surface area (Å²) in [7, 11) is 0. The van der Waals surface area contributed by atoms with Gasteiger partial charge < -0.3 is 9.84 Å². The van der Waals surface area contributed by atoms with Gasteiger partial charge in [-0.1, -0.05) is 19.3 Å². The molecule has 0 bridgehead atoms. The number of nitrogens with zero attached hydrogens (tertiary/aromatic N) is 1. The van der Waals surface area contributed by atoms with Gasteiger partial charge in [0.15, 0.2) is 0 Å². The Bertz CT molecular complexity index is 426. The van der Waals surface area contributed by atoms with Crippen LogP contribution in [0.15, 0.2) is 18.3 Å². The Hall–Kier alpha value is -1.09. The molecule has 98 valence electrons. The molecule has 0 radical (unpaired) electrons. The quantitative estimate of drug-likeness (QED) is 0.873. The molecule has 3 rings (SSSR count). The molecule has 1 aromatic heterocycles. The zero-order valence-electron chi connectivity index (χ0n) is 10.9. The van der Waals surface area contributed by atoms with Crippen LogP contribution in [0.25, 0.3) is 0 Å². The zero-order valence-corrected chi connectivity index (χ0v) is 10.9. The minimum atomic E-state index is -0.167. The van der Waals surface area contributed by atoms with Gasteiger partial charge in [0.2, 0.25) is 0 Å². The van der Waals surface area contributed by atoms with Gasteiger partial charge in [-0.25, -0.2) is 0 Å². The first-order valence-corrected chi connectivity index (χ1v) is 6.99. The van der Waals surface area contributed by atoms with Gasteiger partial charge in [-0.2, -0.15) is 0 Å². The van der Waals surface area contributed by atoms with E-state index >= 15 is 0 Å². The standard InChI is InChI=1S/C15H21NO2/c1-11-12(6-5-9-16-11)18-14-10-13(17)15(14)7-3-2-4-8-15/h5-6,9,13-14,17H,2-4,7-8,10H2,1H3. The minimum absolute atomic E-state index is 0.0283. The topological polar surface area (TPSA) is 42.4 Å². The van der Waals surface area contributed by atoms with Crippen molar-refractivity contribution in [3.8, 4) is 5.75 Å². The van der Waals surface area contributed by atoms with Gasteiger partial charge in [0.25, 0.3) is 0 Å². The lowest BCUT2D eigenvalue weighted by atomic mass is 9.56. The number of hydrogen-bond donors (Lipinski definition) is 1. The molecule has 2 atom stereocenters. The Morgan fingerprint density at radius 2 is 2.11 bits per heavy atom. The molecule has 18 heavy (non-hydrogen) atoms. The fourth-order valence-electron chi connectivity index (χ4n) is 3.50. The average molecular weight is 247 g/mol. The maximum absolute atomic E-state index is 10.1. The summed E-state index contributed by atoms with van der Waals surface area (Å²) < 4.78 is 6.12. The number of rotatable bonds is 2. The summed E-state index contributed by atoms with van der Waals surface area (Å²) >= 11 is 0. The van der Waals surface area contributed by atoms with Gasteiger partial charge in [-0.05, 0) is 31.9 Å². The molecule has 1 N–H and O–H groups in total. The number of ether oxygens (including phenoxy) is 1. The molecule has 0 saturated heterocycles. The van der Waals surface area contributed by atoms with Crippen molar-refractivity contribution < 1.29 is 9.84 Å². The second-order valence-electron chi connectivity index (χ2n) is 5.74. The second kappa shape index (κ2) is 4.54. The van der Waals surface area contributed by atoms with Crippen LogP contribution in [0.4, 0.5) is 0 Å². The van der Waals surface area contributed by atoms with Crippen LogP contribution in [0.3, 0.4) is 0 Å². The summed E-state index contributed by atoms with van der Waals surface area (Å²) in [6.45, 7) is 1.97. The summed E-state index contributed by atoms with van der Waals surface area (Å²) in [5.41, 5.74) is 0.963. The molecule has 2 aliphatic carbocycles. The molecule has 2 fully saturated rings. The normalized spacial score (nSPS) is 29.9. The van der Waals surface area contributed by atoms with Gasteiger partial charge in [0.1, 0.15) is 11.9 Å². The Labute approximate surface area is 108 Å². The molecule has 2 saturated carbocycles. The molecule has 1 spiro atoms. The van der Waals surface area contributed by atoms with Crippen LogP contribution in [0.1, 0.15) is 44.2 Å². The highest BCUT2D eigenvalue weighted by Gasteiger charge is 2.56. The summed E-state index contributed by atoms with van der Waals surface area (Å²) in [6.07, 6.45) is 8.54. The van der Waals surface area contributed by atoms with Crippen LogP contribution in [-0.4, -0.2) is 22.3 Å². The predicted molar refractivity (Wildman–Crippen MR) is 69.5 cm³/mol. The molecule has 3 nitrogen and oxygen atoms in total. The van der Waals surface area contributed by atoms with Crippen LogP contribution < -0.4 is 4.74 Å². The van der Waals surface area contributed by atoms with Gasteiger partial charge in [-0.15, -0.1) is 0 Å². The lowest BCUT2D eigenvalue weighted by Gasteiger charge is -2.55. The first-order chi connectivity index (χ1) is 8.72. The summed E-state index contributed by atoms with van der Waals surface area (Å²) in [5.74, 6) is 0.874. The highest BCUT2D eigenvalue weighted by molar-refractivity contribution is 5.26. The Kier molecular flexibility index (Phi) is 3.02. The number of aliphatic hydroxyl groups is 1. The van der Waals surface area contributed by atoms with E-state index in [0.717, 1.165) is 30.7 Å². The zero-order chi connectivity index (χ0) is 12.6. The fourth-order valence-corrected chi connectivity index (χ4v) is 3.50. The third kappa shape index (κ3) is 1.81. The van der Waals surface area contributed by atoms with Crippen molar-refractivity contribution in [1.82, 2.24) is 4.98 Å². The van der Waals surface area contributed by atoms with Gasteiger partial charge in [0, 0.05) is 18.0 Å². The van der Waals surface area contributed by atoms with Crippen molar-refractivity contribution in [2.75, 3.05) is 0 Å². The molecular formula is C15H21NO2. The predicted octanol–water partition coefficient (Wildman–Crippen LogP) is 2.85. The van der Waals surface area contributed by atoms with E-state index in [1.165, 1.54) is 19.3 Å². The van der Waals surface area contributed by atoms with E-state index in [4.69, 9.17) is 4.74 Å². The smallest absolute Gasteiger partial charge is 0.140 e. The second-order valence-corrected chi connectivity index (χ2v) is 5.74. The third-order valence-electron chi connectivity index (χ3n) is 4.75. The Balaban J connectivity index is 1.75. The van der Waals surface area contributed by atoms with E-state index in [2.05, 4.69) is 4.98 Å². The van der Waals surface area contributed by atoms with Crippen LogP contribution >= 0.6 is 0 Å². The van der Waals surface area contributed by atoms with Gasteiger partial charge in [-0.3, -0.25) is 4.98 Å². The van der Waals surface area contributed by atoms with Crippen LogP contribution in [0, 0.1) is 12.3 Å². The van der Waals surface area contributed by atoms with Gasteiger partial charge in [0.05, 0.1) is 11.8 Å². The fraction of sp³-hybridized carbons (Fsp3) is 0.667. The molecule has 2 unspecified atom stereocenters. The van der Waals surface area contributed by atoms with Crippen LogP contribution in [0.2, 0.25) is 0 Å². The highest BCUT2D eigenvalue weighted by atomic mass is 16.5. The summed E-state index contributed by atoms with van der Waals surface area (Å²) in [4.78, 5) is 4.26. The van der Waals surface area contributed by atoms with E-state index < -0.39 is 0 Å². The number of aromatic nitrogens is 1. The van der Waals surface area contributed by atoms with Crippen LogP contribution in [-0.2, 0) is 0 Å². The van der Waals surface area contributed by atoms with Crippen molar-refractivity contribution in [2.24, 2.45) is 5.41 Å². The number of aryl methyl sites for hydroxylation is 1. The van der Waals surface area contributed by atoms with Crippen molar-refractivity contribution in [3.05, 3.63) is 24.0 Å². The number of pyridine rings is 1. The Morgan fingerprint density at radius 1 is 1.33 bits per heavy atom. The van der Waals surface area contributed by atoms with Crippen LogP contribution in [0.5, 0.6) is 5.75 Å². The molecule has 0 aromatic carbocycles. The molecular weight excluding hydrogens is 226 g/mol. The van der Waals surface area contributed by atoms with E-state index in [0.29, 0.717) is 0 Å². The lowest BCUT2D eigenvalue weighted by Crippen LogP contribution is -2.60. The van der Waals surface area contributed by atoms with E-state index in [-0.39, 0.29) is 17.6 Å². The number of hydrogen-bond acceptors (Lipinski definition) is 3. The van der Waals surface area contributed by atoms with Crippen molar-refractivity contribution in [2.45, 2.75) is 57.7 Å². The van der Waals surface area contributed by atoms with Crippen molar-refractivity contribution in [3.63, 3.8) is 0 Å². The summed E-state index contributed by atoms with van der Waals surface area (Å²) in [6, 6.07) is 3.88. The average Bonchev–Trinajstić information content (AvgIpc) is 2.41. The number of aliphatic hydroxyl groups excluding tert-OH is 1. The first kappa shape index (κ1) is 12.0. The van der Waals surface area contributed by atoms with Gasteiger partial charge >= 0.3 is 0 Å². The molecule has 2 aliphatic rings. The van der Waals surface area contributed by atoms with Crippen molar-refractivity contribution in [1.29, 1.82) is 0 Å². The molecule has 1 heterocycles. The van der Waals surface area contributed by atoms with E-state index in [1.54, 1.807) is 6.20 Å². The SMILES string of the molecule is Cc1ncccc1OC1CC(O)C12CCCCC2. The summed E-state index contributed by atoms with van der Waals surface area (Å²) in [5, 5.41) is 10.1. The lowest BCUT2D eigenvalue weighted by molar-refractivity contribution is -0.172. The minimum Gasteiger partial charge on any atom is -0.488 e. The molecule has 0 amide bonds. The maximum Gasteiger partial charge on any atom is 0.140 e. The Morgan fingerprint density at radius 3 is 2.78 bits per heavy atom. The molecule has 1 aromatic rings. The molecule has 0 aliphatic heterocycles. The molecule has 3 heteroatoms. The van der Waals surface area contributed by atoms with E-state index in [1.807, 2.05) is 19.1 Å². The third-order valence-corrected chi connectivity index (χ3v) is 4.75. The van der Waals surface area contributed by atoms with E-state index in [9.17, 15) is 5.11 Å². The first-order valence-electron chi connectivity index (χ1n) is 6.99.